The quantitative estimate of drug-likeness (QED) is 0.217. The van der Waals surface area contributed by atoms with Crippen LogP contribution in [0.2, 0.25) is 0 Å². The lowest BCUT2D eigenvalue weighted by atomic mass is 10.0. The fraction of sp³-hybridized carbons (Fsp3) is 0. The van der Waals surface area contributed by atoms with Gasteiger partial charge in [0.1, 0.15) is 11.2 Å². The summed E-state index contributed by atoms with van der Waals surface area (Å²) in [6, 6.07) is 56.0. The summed E-state index contributed by atoms with van der Waals surface area (Å²) in [7, 11) is 0. The highest BCUT2D eigenvalue weighted by Gasteiger charge is 2.21. The molecule has 7 aromatic carbocycles. The number of para-hydroxylation sites is 4. The number of furan rings is 1. The van der Waals surface area contributed by atoms with Crippen molar-refractivity contribution in [1.29, 1.82) is 0 Å². The Bertz CT molecular complexity index is 2450. The summed E-state index contributed by atoms with van der Waals surface area (Å²) in [5, 5.41) is 6.97. The number of benzene rings is 7. The lowest BCUT2D eigenvalue weighted by molar-refractivity contribution is 0.672. The second-order valence-corrected chi connectivity index (χ2v) is 11.0. The molecule has 0 fully saturated rings. The van der Waals surface area contributed by atoms with Crippen LogP contribution in [0.15, 0.2) is 162 Å². The molecule has 2 heterocycles. The molecule has 0 saturated heterocycles. The third kappa shape index (κ3) is 3.62. The van der Waals surface area contributed by atoms with Crippen LogP contribution in [0.4, 0.5) is 17.1 Å². The highest BCUT2D eigenvalue weighted by molar-refractivity contribution is 6.18. The average Bonchev–Trinajstić information content (AvgIpc) is 3.62. The number of aromatic nitrogens is 1. The standard InChI is InChI=1S/C40H26N2O/c1-3-12-28(13-4-1)41(30-24-22-27-23-25-32-31-16-8-10-21-38(31)43-40(32)34(27)26-30)36-19-11-20-37-39(36)33-17-7-9-18-35(33)42(37)29-14-5-2-6-15-29/h1-26H. The monoisotopic (exact) mass is 550 g/mol. The molecular weight excluding hydrogens is 524 g/mol. The lowest BCUT2D eigenvalue weighted by Crippen LogP contribution is -2.10. The van der Waals surface area contributed by atoms with Crippen molar-refractivity contribution >= 4 is 71.6 Å². The van der Waals surface area contributed by atoms with Crippen LogP contribution in [0.3, 0.4) is 0 Å². The summed E-state index contributed by atoms with van der Waals surface area (Å²) in [6.07, 6.45) is 0. The fourth-order valence-electron chi connectivity index (χ4n) is 6.68. The Morgan fingerprint density at radius 2 is 1.16 bits per heavy atom. The summed E-state index contributed by atoms with van der Waals surface area (Å²) in [5.41, 5.74) is 8.65. The van der Waals surface area contributed by atoms with Gasteiger partial charge >= 0.3 is 0 Å². The zero-order valence-electron chi connectivity index (χ0n) is 23.3. The number of anilines is 3. The molecule has 3 nitrogen and oxygen atoms in total. The van der Waals surface area contributed by atoms with Crippen molar-refractivity contribution in [3.63, 3.8) is 0 Å². The molecule has 0 spiro atoms. The second-order valence-electron chi connectivity index (χ2n) is 11.0. The molecule has 0 aliphatic carbocycles. The first-order chi connectivity index (χ1) is 21.3. The van der Waals surface area contributed by atoms with Gasteiger partial charge in [-0.1, -0.05) is 91.0 Å². The van der Waals surface area contributed by atoms with E-state index < -0.39 is 0 Å². The minimum Gasteiger partial charge on any atom is -0.455 e. The van der Waals surface area contributed by atoms with Crippen LogP contribution in [0.25, 0.3) is 60.2 Å². The molecule has 0 aliphatic rings. The van der Waals surface area contributed by atoms with E-state index in [-0.39, 0.29) is 0 Å². The molecule has 0 atom stereocenters. The van der Waals surface area contributed by atoms with Gasteiger partial charge in [0.25, 0.3) is 0 Å². The number of hydrogen-bond acceptors (Lipinski definition) is 2. The van der Waals surface area contributed by atoms with Crippen LogP contribution in [-0.2, 0) is 0 Å². The average molecular weight is 551 g/mol. The van der Waals surface area contributed by atoms with E-state index in [0.717, 1.165) is 55.5 Å². The van der Waals surface area contributed by atoms with Gasteiger partial charge in [-0.2, -0.15) is 0 Å². The van der Waals surface area contributed by atoms with Gasteiger partial charge in [0.2, 0.25) is 0 Å². The van der Waals surface area contributed by atoms with Crippen LogP contribution >= 0.6 is 0 Å². The van der Waals surface area contributed by atoms with E-state index in [0.29, 0.717) is 0 Å². The van der Waals surface area contributed by atoms with Gasteiger partial charge < -0.3 is 13.9 Å². The summed E-state index contributed by atoms with van der Waals surface area (Å²) < 4.78 is 8.84. The van der Waals surface area contributed by atoms with Gasteiger partial charge in [-0.15, -0.1) is 0 Å². The molecule has 0 radical (unpaired) electrons. The summed E-state index contributed by atoms with van der Waals surface area (Å²) in [6.45, 7) is 0. The molecule has 2 aromatic heterocycles. The van der Waals surface area contributed by atoms with Crippen molar-refractivity contribution in [2.75, 3.05) is 4.90 Å². The molecule has 3 heteroatoms. The first-order valence-electron chi connectivity index (χ1n) is 14.6. The van der Waals surface area contributed by atoms with Crippen molar-refractivity contribution in [2.24, 2.45) is 0 Å². The van der Waals surface area contributed by atoms with Crippen molar-refractivity contribution in [3.8, 4) is 5.69 Å². The van der Waals surface area contributed by atoms with E-state index >= 15 is 0 Å². The minimum absolute atomic E-state index is 0.911. The van der Waals surface area contributed by atoms with E-state index in [4.69, 9.17) is 4.42 Å². The van der Waals surface area contributed by atoms with Gasteiger partial charge in [-0.05, 0) is 72.1 Å². The highest BCUT2D eigenvalue weighted by atomic mass is 16.3. The van der Waals surface area contributed by atoms with Crippen molar-refractivity contribution in [1.82, 2.24) is 4.57 Å². The van der Waals surface area contributed by atoms with E-state index in [1.165, 1.54) is 21.8 Å². The van der Waals surface area contributed by atoms with Crippen LogP contribution in [0.1, 0.15) is 0 Å². The van der Waals surface area contributed by atoms with Crippen LogP contribution in [-0.4, -0.2) is 4.57 Å². The Morgan fingerprint density at radius 1 is 0.465 bits per heavy atom. The molecule has 0 unspecified atom stereocenters. The molecule has 0 bridgehead atoms. The highest BCUT2D eigenvalue weighted by Crippen LogP contribution is 2.45. The second kappa shape index (κ2) is 9.37. The maximum absolute atomic E-state index is 6.47. The fourth-order valence-corrected chi connectivity index (χ4v) is 6.68. The van der Waals surface area contributed by atoms with Crippen molar-refractivity contribution < 1.29 is 4.42 Å². The summed E-state index contributed by atoms with van der Waals surface area (Å²) >= 11 is 0. The van der Waals surface area contributed by atoms with Crippen molar-refractivity contribution in [2.45, 2.75) is 0 Å². The van der Waals surface area contributed by atoms with E-state index in [9.17, 15) is 0 Å². The lowest BCUT2D eigenvalue weighted by Gasteiger charge is -2.27. The SMILES string of the molecule is c1ccc(N(c2ccc3ccc4c5ccccc5oc4c3c2)c2cccc3c2c2ccccc2n3-c2ccccc2)cc1. The Balaban J connectivity index is 1.36. The van der Waals surface area contributed by atoms with E-state index in [2.05, 4.69) is 155 Å². The van der Waals surface area contributed by atoms with Gasteiger partial charge in [0.05, 0.1) is 16.7 Å². The zero-order chi connectivity index (χ0) is 28.3. The predicted octanol–water partition coefficient (Wildman–Crippen LogP) is 11.3. The Kier molecular flexibility index (Phi) is 5.20. The molecule has 9 aromatic rings. The van der Waals surface area contributed by atoms with Gasteiger partial charge in [-0.3, -0.25) is 0 Å². The zero-order valence-corrected chi connectivity index (χ0v) is 23.3. The number of rotatable bonds is 4. The molecule has 0 saturated carbocycles. The molecule has 0 aliphatic heterocycles. The van der Waals surface area contributed by atoms with Crippen LogP contribution < -0.4 is 4.90 Å². The first kappa shape index (κ1) is 23.9. The number of fused-ring (bicyclic) bond motifs is 8. The van der Waals surface area contributed by atoms with Gasteiger partial charge in [0.15, 0.2) is 0 Å². The Labute approximate surface area is 248 Å². The molecule has 0 amide bonds. The predicted molar refractivity (Wildman–Crippen MR) is 180 cm³/mol. The largest absolute Gasteiger partial charge is 0.455 e. The summed E-state index contributed by atoms with van der Waals surface area (Å²) in [5.74, 6) is 0. The smallest absolute Gasteiger partial charge is 0.143 e. The molecule has 9 rings (SSSR count). The Hall–Kier alpha value is -5.80. The third-order valence-electron chi connectivity index (χ3n) is 8.55. The van der Waals surface area contributed by atoms with Gasteiger partial charge in [0, 0.05) is 44.0 Å². The van der Waals surface area contributed by atoms with Gasteiger partial charge in [-0.25, -0.2) is 0 Å². The number of hydrogen-bond donors (Lipinski definition) is 0. The molecule has 202 valence electrons. The number of nitrogens with zero attached hydrogens (tertiary/aromatic N) is 2. The minimum atomic E-state index is 0.911. The van der Waals surface area contributed by atoms with Crippen molar-refractivity contribution in [3.05, 3.63) is 158 Å². The topological polar surface area (TPSA) is 21.3 Å². The summed E-state index contributed by atoms with van der Waals surface area (Å²) in [4.78, 5) is 2.38. The van der Waals surface area contributed by atoms with Crippen LogP contribution in [0, 0.1) is 0 Å². The molecular formula is C40H26N2O. The van der Waals surface area contributed by atoms with E-state index in [1.54, 1.807) is 0 Å². The first-order valence-corrected chi connectivity index (χ1v) is 14.6. The Morgan fingerprint density at radius 3 is 2.02 bits per heavy atom. The molecule has 43 heavy (non-hydrogen) atoms. The molecule has 0 N–H and O–H groups in total. The maximum Gasteiger partial charge on any atom is 0.143 e. The maximum atomic E-state index is 6.47. The van der Waals surface area contributed by atoms with Crippen LogP contribution in [0.5, 0.6) is 0 Å². The van der Waals surface area contributed by atoms with E-state index in [1.807, 2.05) is 12.1 Å². The third-order valence-corrected chi connectivity index (χ3v) is 8.55. The normalized spacial score (nSPS) is 11.7.